The van der Waals surface area contributed by atoms with Gasteiger partial charge in [-0.2, -0.15) is 0 Å². The van der Waals surface area contributed by atoms with Crippen LogP contribution in [-0.2, 0) is 9.59 Å². The van der Waals surface area contributed by atoms with E-state index in [1.54, 1.807) is 0 Å². The molecule has 0 aliphatic heterocycles. The van der Waals surface area contributed by atoms with Crippen molar-refractivity contribution in [3.05, 3.63) is 0 Å². The molecule has 0 rings (SSSR count). The van der Waals surface area contributed by atoms with Crippen LogP contribution in [0.4, 0.5) is 0 Å². The maximum absolute atomic E-state index is 11.1. The SMILES string of the molecule is C#CCC(=O)NCC(CC(C)(C)C)C(=O)O. The summed E-state index contributed by atoms with van der Waals surface area (Å²) in [5.41, 5.74) is -0.0834. The van der Waals surface area contributed by atoms with Gasteiger partial charge in [0.05, 0.1) is 12.3 Å². The van der Waals surface area contributed by atoms with Crippen molar-refractivity contribution < 1.29 is 14.7 Å². The summed E-state index contributed by atoms with van der Waals surface area (Å²) in [6.45, 7) is 6.03. The Kier molecular flexibility index (Phi) is 5.59. The number of hydrogen-bond acceptors (Lipinski definition) is 2. The third-order valence-electron chi connectivity index (χ3n) is 2.02. The normalized spacial score (nSPS) is 12.6. The zero-order valence-corrected chi connectivity index (χ0v) is 10.0. The minimum absolute atomic E-state index is 0.0120. The van der Waals surface area contributed by atoms with Gasteiger partial charge in [0, 0.05) is 6.54 Å². The minimum atomic E-state index is -0.893. The van der Waals surface area contributed by atoms with Gasteiger partial charge in [-0.1, -0.05) is 26.7 Å². The number of aliphatic carboxylic acids is 1. The molecule has 1 unspecified atom stereocenters. The Hall–Kier alpha value is -1.50. The van der Waals surface area contributed by atoms with Crippen molar-refractivity contribution in [2.24, 2.45) is 11.3 Å². The fourth-order valence-electron chi connectivity index (χ4n) is 1.38. The molecule has 0 fully saturated rings. The van der Waals surface area contributed by atoms with Gasteiger partial charge < -0.3 is 10.4 Å². The van der Waals surface area contributed by atoms with Crippen LogP contribution in [0.3, 0.4) is 0 Å². The highest BCUT2D eigenvalue weighted by atomic mass is 16.4. The second-order valence-electron chi connectivity index (χ2n) is 4.98. The maximum Gasteiger partial charge on any atom is 0.308 e. The molecule has 0 aromatic carbocycles. The van der Waals surface area contributed by atoms with Crippen LogP contribution in [0.15, 0.2) is 0 Å². The van der Waals surface area contributed by atoms with Crippen LogP contribution in [-0.4, -0.2) is 23.5 Å². The first-order chi connectivity index (χ1) is 7.26. The molecule has 1 atom stereocenters. The summed E-state index contributed by atoms with van der Waals surface area (Å²) in [7, 11) is 0. The first-order valence-corrected chi connectivity index (χ1v) is 5.19. The van der Waals surface area contributed by atoms with Crippen molar-refractivity contribution >= 4 is 11.9 Å². The van der Waals surface area contributed by atoms with Gasteiger partial charge in [-0.05, 0) is 11.8 Å². The number of carboxylic acid groups (broad SMARTS) is 1. The lowest BCUT2D eigenvalue weighted by Gasteiger charge is -2.23. The van der Waals surface area contributed by atoms with E-state index in [-0.39, 0.29) is 24.3 Å². The van der Waals surface area contributed by atoms with Gasteiger partial charge in [0.1, 0.15) is 0 Å². The minimum Gasteiger partial charge on any atom is -0.481 e. The molecule has 0 saturated carbocycles. The lowest BCUT2D eigenvalue weighted by molar-refractivity contribution is -0.142. The highest BCUT2D eigenvalue weighted by Crippen LogP contribution is 2.24. The first-order valence-electron chi connectivity index (χ1n) is 5.19. The van der Waals surface area contributed by atoms with Crippen LogP contribution in [0.5, 0.6) is 0 Å². The van der Waals surface area contributed by atoms with E-state index in [0.717, 1.165) is 0 Å². The second kappa shape index (κ2) is 6.16. The van der Waals surface area contributed by atoms with Gasteiger partial charge in [0.25, 0.3) is 0 Å². The maximum atomic E-state index is 11.1. The molecule has 16 heavy (non-hydrogen) atoms. The number of carbonyl (C=O) groups excluding carboxylic acids is 1. The lowest BCUT2D eigenvalue weighted by atomic mass is 9.84. The van der Waals surface area contributed by atoms with Crippen molar-refractivity contribution in [3.8, 4) is 12.3 Å². The largest absolute Gasteiger partial charge is 0.481 e. The number of amides is 1. The molecule has 0 aromatic rings. The Bertz CT molecular complexity index is 296. The van der Waals surface area contributed by atoms with E-state index in [1.807, 2.05) is 20.8 Å². The highest BCUT2D eigenvalue weighted by molar-refractivity contribution is 5.79. The predicted octanol–water partition coefficient (Wildman–Crippen LogP) is 1.26. The fraction of sp³-hybridized carbons (Fsp3) is 0.667. The van der Waals surface area contributed by atoms with E-state index < -0.39 is 11.9 Å². The van der Waals surface area contributed by atoms with E-state index in [0.29, 0.717) is 6.42 Å². The molecule has 0 bridgehead atoms. The highest BCUT2D eigenvalue weighted by Gasteiger charge is 2.24. The fourth-order valence-corrected chi connectivity index (χ4v) is 1.38. The summed E-state index contributed by atoms with van der Waals surface area (Å²) < 4.78 is 0. The summed E-state index contributed by atoms with van der Waals surface area (Å²) in [6.07, 6.45) is 5.47. The average Bonchev–Trinajstić information content (AvgIpc) is 2.10. The Balaban J connectivity index is 4.21. The Labute approximate surface area is 96.4 Å². The lowest BCUT2D eigenvalue weighted by Crippen LogP contribution is -2.34. The van der Waals surface area contributed by atoms with Crippen LogP contribution >= 0.6 is 0 Å². The van der Waals surface area contributed by atoms with Crippen LogP contribution < -0.4 is 5.32 Å². The first kappa shape index (κ1) is 14.5. The van der Waals surface area contributed by atoms with E-state index in [9.17, 15) is 9.59 Å². The Morgan fingerprint density at radius 3 is 2.38 bits per heavy atom. The van der Waals surface area contributed by atoms with Crippen molar-refractivity contribution in [3.63, 3.8) is 0 Å². The van der Waals surface area contributed by atoms with Gasteiger partial charge in [0.2, 0.25) is 5.91 Å². The van der Waals surface area contributed by atoms with Crippen molar-refractivity contribution in [2.75, 3.05) is 6.54 Å². The molecule has 0 aliphatic carbocycles. The predicted molar refractivity (Wildman–Crippen MR) is 61.7 cm³/mol. The molecule has 0 aromatic heterocycles. The summed E-state index contributed by atoms with van der Waals surface area (Å²) in [4.78, 5) is 22.0. The van der Waals surface area contributed by atoms with E-state index >= 15 is 0 Å². The third kappa shape index (κ3) is 6.88. The molecule has 0 radical (unpaired) electrons. The molecular formula is C12H19NO3. The molecule has 0 heterocycles. The molecule has 90 valence electrons. The number of rotatable bonds is 5. The number of carboxylic acids is 1. The monoisotopic (exact) mass is 225 g/mol. The van der Waals surface area contributed by atoms with Gasteiger partial charge in [-0.25, -0.2) is 0 Å². The van der Waals surface area contributed by atoms with Crippen LogP contribution in [0.2, 0.25) is 0 Å². The van der Waals surface area contributed by atoms with E-state index in [1.165, 1.54) is 0 Å². The van der Waals surface area contributed by atoms with Gasteiger partial charge in [-0.3, -0.25) is 9.59 Å². The molecule has 4 heteroatoms. The van der Waals surface area contributed by atoms with Gasteiger partial charge in [0.15, 0.2) is 0 Å². The standard InChI is InChI=1S/C12H19NO3/c1-5-6-10(14)13-8-9(11(15)16)7-12(2,3)4/h1,9H,6-8H2,2-4H3,(H,13,14)(H,15,16). The molecule has 0 spiro atoms. The zero-order chi connectivity index (χ0) is 12.8. The molecule has 2 N–H and O–H groups in total. The molecule has 0 aliphatic rings. The van der Waals surface area contributed by atoms with Crippen LogP contribution in [0, 0.1) is 23.7 Å². The topological polar surface area (TPSA) is 66.4 Å². The zero-order valence-electron chi connectivity index (χ0n) is 10.0. The molecular weight excluding hydrogens is 206 g/mol. The summed E-state index contributed by atoms with van der Waals surface area (Å²) in [5.74, 6) is 0.446. The van der Waals surface area contributed by atoms with Crippen molar-refractivity contribution in [2.45, 2.75) is 33.6 Å². The Morgan fingerprint density at radius 2 is 2.00 bits per heavy atom. The third-order valence-corrected chi connectivity index (χ3v) is 2.02. The van der Waals surface area contributed by atoms with Crippen molar-refractivity contribution in [1.29, 1.82) is 0 Å². The van der Waals surface area contributed by atoms with E-state index in [4.69, 9.17) is 11.5 Å². The number of hydrogen-bond donors (Lipinski definition) is 2. The van der Waals surface area contributed by atoms with E-state index in [2.05, 4.69) is 11.2 Å². The second-order valence-corrected chi connectivity index (χ2v) is 4.98. The van der Waals surface area contributed by atoms with Gasteiger partial charge >= 0.3 is 5.97 Å². The number of nitrogens with one attached hydrogen (secondary N) is 1. The summed E-state index contributed by atoms with van der Waals surface area (Å²) >= 11 is 0. The summed E-state index contributed by atoms with van der Waals surface area (Å²) in [6, 6.07) is 0. The van der Waals surface area contributed by atoms with Crippen molar-refractivity contribution in [1.82, 2.24) is 5.32 Å². The van der Waals surface area contributed by atoms with Crippen LogP contribution in [0.1, 0.15) is 33.6 Å². The molecule has 4 nitrogen and oxygen atoms in total. The number of carbonyl (C=O) groups is 2. The average molecular weight is 225 g/mol. The quantitative estimate of drug-likeness (QED) is 0.692. The number of terminal acetylenes is 1. The van der Waals surface area contributed by atoms with Gasteiger partial charge in [-0.15, -0.1) is 6.42 Å². The molecule has 1 amide bonds. The van der Waals surface area contributed by atoms with Crippen LogP contribution in [0.25, 0.3) is 0 Å². The Morgan fingerprint density at radius 1 is 1.44 bits per heavy atom. The smallest absolute Gasteiger partial charge is 0.308 e. The molecule has 0 saturated heterocycles. The summed E-state index contributed by atoms with van der Waals surface area (Å²) in [5, 5.41) is 11.5.